The number of primary amides is 1. The molecule has 76 valence electrons. The van der Waals surface area contributed by atoms with Crippen molar-refractivity contribution >= 4 is 11.7 Å². The maximum Gasteiger partial charge on any atom is 0.221 e. The highest BCUT2D eigenvalue weighted by molar-refractivity contribution is 5.93. The van der Waals surface area contributed by atoms with Crippen molar-refractivity contribution in [3.05, 3.63) is 24.8 Å². The van der Waals surface area contributed by atoms with Crippen LogP contribution in [0.25, 0.3) is 0 Å². The van der Waals surface area contributed by atoms with E-state index >= 15 is 0 Å². The van der Waals surface area contributed by atoms with E-state index in [0.717, 1.165) is 0 Å². The van der Waals surface area contributed by atoms with Gasteiger partial charge in [-0.3, -0.25) is 9.59 Å². The van der Waals surface area contributed by atoms with Gasteiger partial charge in [-0.05, 0) is 18.4 Å². The van der Waals surface area contributed by atoms with Gasteiger partial charge in [0.25, 0.3) is 0 Å². The largest absolute Gasteiger partial charge is 0.369 e. The molecule has 0 aromatic heterocycles. The van der Waals surface area contributed by atoms with E-state index in [0.29, 0.717) is 6.42 Å². The fraction of sp³-hybridized carbons (Fsp3) is 0.455. The Morgan fingerprint density at radius 3 is 2.64 bits per heavy atom. The summed E-state index contributed by atoms with van der Waals surface area (Å²) >= 11 is 0. The molecule has 3 unspecified atom stereocenters. The molecule has 0 saturated carbocycles. The SMILES string of the molecule is C=CC(=O)C1C=CC(C)C(C(N)=O)C1. The normalized spacial score (nSPS) is 31.1. The molecule has 0 saturated heterocycles. The van der Waals surface area contributed by atoms with E-state index in [-0.39, 0.29) is 29.4 Å². The van der Waals surface area contributed by atoms with E-state index in [4.69, 9.17) is 5.73 Å². The molecule has 0 heterocycles. The summed E-state index contributed by atoms with van der Waals surface area (Å²) in [6.45, 7) is 5.36. The lowest BCUT2D eigenvalue weighted by atomic mass is 9.78. The summed E-state index contributed by atoms with van der Waals surface area (Å²) in [5, 5.41) is 0. The van der Waals surface area contributed by atoms with Gasteiger partial charge in [-0.15, -0.1) is 0 Å². The van der Waals surface area contributed by atoms with Crippen molar-refractivity contribution < 1.29 is 9.59 Å². The summed E-state index contributed by atoms with van der Waals surface area (Å²) in [7, 11) is 0. The zero-order chi connectivity index (χ0) is 10.7. The van der Waals surface area contributed by atoms with Gasteiger partial charge in [-0.1, -0.05) is 25.7 Å². The lowest BCUT2D eigenvalue weighted by Gasteiger charge is -2.25. The Labute approximate surface area is 83.7 Å². The summed E-state index contributed by atoms with van der Waals surface area (Å²) in [6, 6.07) is 0. The van der Waals surface area contributed by atoms with Crippen molar-refractivity contribution in [2.75, 3.05) is 0 Å². The highest BCUT2D eigenvalue weighted by Crippen LogP contribution is 2.28. The minimum absolute atomic E-state index is 0.0422. The molecule has 1 rings (SSSR count). The van der Waals surface area contributed by atoms with E-state index in [1.807, 2.05) is 19.1 Å². The Balaban J connectivity index is 2.79. The molecule has 0 bridgehead atoms. The van der Waals surface area contributed by atoms with Crippen LogP contribution in [0.5, 0.6) is 0 Å². The summed E-state index contributed by atoms with van der Waals surface area (Å²) in [5.74, 6) is -0.695. The molecular weight excluding hydrogens is 178 g/mol. The predicted octanol–water partition coefficient (Wildman–Crippen LogP) is 1.06. The minimum atomic E-state index is -0.330. The quantitative estimate of drug-likeness (QED) is 0.538. The fourth-order valence-corrected chi connectivity index (χ4v) is 1.75. The second-order valence-electron chi connectivity index (χ2n) is 3.70. The summed E-state index contributed by atoms with van der Waals surface area (Å²) in [4.78, 5) is 22.4. The van der Waals surface area contributed by atoms with Gasteiger partial charge in [-0.25, -0.2) is 0 Å². The van der Waals surface area contributed by atoms with Gasteiger partial charge < -0.3 is 5.73 Å². The third-order valence-corrected chi connectivity index (χ3v) is 2.72. The predicted molar refractivity (Wildman–Crippen MR) is 54.3 cm³/mol. The standard InChI is InChI=1S/C11H15NO2/c1-3-10(13)8-5-4-7(2)9(6-8)11(12)14/h3-5,7-9H,1,6H2,2H3,(H2,12,14). The molecule has 0 fully saturated rings. The first-order valence-electron chi connectivity index (χ1n) is 4.70. The van der Waals surface area contributed by atoms with Gasteiger partial charge in [0.1, 0.15) is 0 Å². The van der Waals surface area contributed by atoms with Crippen LogP contribution in [0.4, 0.5) is 0 Å². The Kier molecular flexibility index (Phi) is 3.23. The van der Waals surface area contributed by atoms with E-state index in [1.165, 1.54) is 6.08 Å². The molecule has 2 N–H and O–H groups in total. The highest BCUT2D eigenvalue weighted by Gasteiger charge is 2.29. The van der Waals surface area contributed by atoms with Crippen molar-refractivity contribution in [2.45, 2.75) is 13.3 Å². The van der Waals surface area contributed by atoms with Gasteiger partial charge in [0, 0.05) is 11.8 Å². The first-order valence-corrected chi connectivity index (χ1v) is 4.70. The van der Waals surface area contributed by atoms with Crippen LogP contribution < -0.4 is 5.73 Å². The van der Waals surface area contributed by atoms with Crippen LogP contribution in [0.1, 0.15) is 13.3 Å². The molecule has 0 spiro atoms. The molecule has 1 amide bonds. The van der Waals surface area contributed by atoms with Gasteiger partial charge in [-0.2, -0.15) is 0 Å². The topological polar surface area (TPSA) is 60.2 Å². The van der Waals surface area contributed by atoms with Crippen LogP contribution in [0.15, 0.2) is 24.8 Å². The second kappa shape index (κ2) is 4.22. The Bertz CT molecular complexity index is 294. The zero-order valence-corrected chi connectivity index (χ0v) is 8.27. The molecule has 0 radical (unpaired) electrons. The molecule has 14 heavy (non-hydrogen) atoms. The molecule has 0 aliphatic heterocycles. The third kappa shape index (κ3) is 2.10. The molecule has 3 atom stereocenters. The Morgan fingerprint density at radius 1 is 1.50 bits per heavy atom. The van der Waals surface area contributed by atoms with E-state index in [1.54, 1.807) is 0 Å². The Morgan fingerprint density at radius 2 is 2.14 bits per heavy atom. The van der Waals surface area contributed by atoms with Gasteiger partial charge in [0.2, 0.25) is 5.91 Å². The van der Waals surface area contributed by atoms with Crippen LogP contribution in [0.3, 0.4) is 0 Å². The lowest BCUT2D eigenvalue weighted by molar-refractivity contribution is -0.124. The fourth-order valence-electron chi connectivity index (χ4n) is 1.75. The number of allylic oxidation sites excluding steroid dienone is 3. The number of amides is 1. The number of carbonyl (C=O) groups is 2. The maximum atomic E-state index is 11.3. The maximum absolute atomic E-state index is 11.3. The molecule has 1 aliphatic carbocycles. The number of nitrogens with two attached hydrogens (primary N) is 1. The highest BCUT2D eigenvalue weighted by atomic mass is 16.1. The second-order valence-corrected chi connectivity index (χ2v) is 3.70. The van der Waals surface area contributed by atoms with Crippen LogP contribution in [0, 0.1) is 17.8 Å². The summed E-state index contributed by atoms with van der Waals surface area (Å²) < 4.78 is 0. The number of rotatable bonds is 3. The average Bonchev–Trinajstić information content (AvgIpc) is 2.17. The van der Waals surface area contributed by atoms with Gasteiger partial charge in [0.15, 0.2) is 5.78 Å². The minimum Gasteiger partial charge on any atom is -0.369 e. The smallest absolute Gasteiger partial charge is 0.221 e. The first kappa shape index (κ1) is 10.7. The third-order valence-electron chi connectivity index (χ3n) is 2.72. The van der Waals surface area contributed by atoms with Crippen LogP contribution in [0.2, 0.25) is 0 Å². The van der Waals surface area contributed by atoms with E-state index in [9.17, 15) is 9.59 Å². The number of hydrogen-bond donors (Lipinski definition) is 1. The van der Waals surface area contributed by atoms with Crippen LogP contribution >= 0.6 is 0 Å². The lowest BCUT2D eigenvalue weighted by Crippen LogP contribution is -2.33. The Hall–Kier alpha value is -1.38. The van der Waals surface area contributed by atoms with Crippen LogP contribution in [-0.4, -0.2) is 11.7 Å². The van der Waals surface area contributed by atoms with Gasteiger partial charge in [0.05, 0.1) is 0 Å². The molecular formula is C11H15NO2. The molecule has 0 aromatic carbocycles. The van der Waals surface area contributed by atoms with Crippen molar-refractivity contribution in [1.29, 1.82) is 0 Å². The molecule has 0 aromatic rings. The van der Waals surface area contributed by atoms with Crippen molar-refractivity contribution in [3.63, 3.8) is 0 Å². The van der Waals surface area contributed by atoms with Crippen molar-refractivity contribution in [1.82, 2.24) is 0 Å². The van der Waals surface area contributed by atoms with Crippen molar-refractivity contribution in [2.24, 2.45) is 23.5 Å². The molecule has 3 nitrogen and oxygen atoms in total. The monoisotopic (exact) mass is 193 g/mol. The number of ketones is 1. The number of hydrogen-bond acceptors (Lipinski definition) is 2. The zero-order valence-electron chi connectivity index (χ0n) is 8.27. The average molecular weight is 193 g/mol. The summed E-state index contributed by atoms with van der Waals surface area (Å²) in [5.41, 5.74) is 5.25. The molecule has 3 heteroatoms. The summed E-state index contributed by atoms with van der Waals surface area (Å²) in [6.07, 6.45) is 5.53. The van der Waals surface area contributed by atoms with E-state index in [2.05, 4.69) is 6.58 Å². The number of carbonyl (C=O) groups excluding carboxylic acids is 2. The van der Waals surface area contributed by atoms with Crippen LogP contribution in [-0.2, 0) is 9.59 Å². The van der Waals surface area contributed by atoms with Gasteiger partial charge >= 0.3 is 0 Å². The van der Waals surface area contributed by atoms with Crippen molar-refractivity contribution in [3.8, 4) is 0 Å². The first-order chi connectivity index (χ1) is 6.56. The molecule has 1 aliphatic rings. The van der Waals surface area contributed by atoms with E-state index < -0.39 is 0 Å².